The molecule has 13 heavy (non-hydrogen) atoms. The van der Waals surface area contributed by atoms with Gasteiger partial charge in [-0.2, -0.15) is 0 Å². The molecule has 2 atom stereocenters. The van der Waals surface area contributed by atoms with Crippen LogP contribution in [-0.2, 0) is 0 Å². The molecule has 0 saturated carbocycles. The van der Waals surface area contributed by atoms with Crippen LogP contribution in [0.4, 0.5) is 0 Å². The predicted molar refractivity (Wildman–Crippen MR) is 53.6 cm³/mol. The van der Waals surface area contributed by atoms with Crippen LogP contribution in [0.5, 0.6) is 0 Å². The molecule has 4 nitrogen and oxygen atoms in total. The molecule has 1 aliphatic heterocycles. The van der Waals surface area contributed by atoms with Crippen molar-refractivity contribution in [3.05, 3.63) is 0 Å². The smallest absolute Gasteiger partial charge is 0.0524 e. The molecule has 0 aromatic heterocycles. The van der Waals surface area contributed by atoms with E-state index in [-0.39, 0.29) is 6.10 Å². The van der Waals surface area contributed by atoms with E-state index in [1.165, 1.54) is 0 Å². The number of hydrogen-bond donors (Lipinski definition) is 3. The second-order valence-corrected chi connectivity index (χ2v) is 3.77. The lowest BCUT2D eigenvalue weighted by molar-refractivity contribution is 0.121. The normalized spacial score (nSPS) is 27.5. The number of piperazine rings is 1. The van der Waals surface area contributed by atoms with E-state index in [9.17, 15) is 0 Å². The van der Waals surface area contributed by atoms with Crippen molar-refractivity contribution in [2.75, 3.05) is 32.7 Å². The van der Waals surface area contributed by atoms with E-state index in [0.717, 1.165) is 32.6 Å². The third kappa shape index (κ3) is 3.60. The summed E-state index contributed by atoms with van der Waals surface area (Å²) in [5.41, 5.74) is 5.66. The molecule has 0 aromatic rings. The fourth-order valence-electron chi connectivity index (χ4n) is 1.68. The molecule has 1 rings (SSSR count). The summed E-state index contributed by atoms with van der Waals surface area (Å²) in [6.07, 6.45) is 0.643. The number of aliphatic hydroxyl groups excluding tert-OH is 1. The van der Waals surface area contributed by atoms with Gasteiger partial charge in [0, 0.05) is 38.8 Å². The molecule has 1 saturated heterocycles. The van der Waals surface area contributed by atoms with Crippen molar-refractivity contribution in [3.63, 3.8) is 0 Å². The zero-order chi connectivity index (χ0) is 9.68. The van der Waals surface area contributed by atoms with Crippen LogP contribution in [0.2, 0.25) is 0 Å². The zero-order valence-corrected chi connectivity index (χ0v) is 8.37. The van der Waals surface area contributed by atoms with Gasteiger partial charge in [0.25, 0.3) is 0 Å². The van der Waals surface area contributed by atoms with Gasteiger partial charge in [-0.15, -0.1) is 0 Å². The first-order chi connectivity index (χ1) is 6.24. The van der Waals surface area contributed by atoms with Crippen LogP contribution in [0.15, 0.2) is 0 Å². The van der Waals surface area contributed by atoms with Crippen LogP contribution >= 0.6 is 0 Å². The van der Waals surface area contributed by atoms with Crippen LogP contribution in [0, 0.1) is 0 Å². The Labute approximate surface area is 80.1 Å². The Kier molecular flexibility index (Phi) is 4.66. The summed E-state index contributed by atoms with van der Waals surface area (Å²) < 4.78 is 0. The third-order valence-electron chi connectivity index (χ3n) is 2.58. The Hall–Kier alpha value is -0.160. The van der Waals surface area contributed by atoms with E-state index >= 15 is 0 Å². The van der Waals surface area contributed by atoms with Crippen LogP contribution in [0.3, 0.4) is 0 Å². The number of aliphatic hydroxyl groups is 1. The number of nitrogens with zero attached hydrogens (tertiary/aromatic N) is 1. The highest BCUT2D eigenvalue weighted by molar-refractivity contribution is 4.80. The summed E-state index contributed by atoms with van der Waals surface area (Å²) >= 11 is 0. The van der Waals surface area contributed by atoms with Crippen molar-refractivity contribution in [2.24, 2.45) is 5.73 Å². The quantitative estimate of drug-likeness (QED) is 0.528. The SMILES string of the molecule is CC(O)CCN1CCNCC1CN. The first kappa shape index (κ1) is 10.9. The molecule has 0 aliphatic carbocycles. The first-order valence-electron chi connectivity index (χ1n) is 5.07. The minimum Gasteiger partial charge on any atom is -0.393 e. The molecular weight excluding hydrogens is 166 g/mol. The lowest BCUT2D eigenvalue weighted by atomic mass is 10.1. The largest absolute Gasteiger partial charge is 0.393 e. The lowest BCUT2D eigenvalue weighted by Gasteiger charge is -2.35. The van der Waals surface area contributed by atoms with Gasteiger partial charge in [0.2, 0.25) is 0 Å². The maximum atomic E-state index is 9.17. The summed E-state index contributed by atoms with van der Waals surface area (Å²) in [4.78, 5) is 2.36. The van der Waals surface area contributed by atoms with Gasteiger partial charge in [-0.05, 0) is 13.3 Å². The molecule has 4 heteroatoms. The van der Waals surface area contributed by atoms with Gasteiger partial charge in [0.15, 0.2) is 0 Å². The topological polar surface area (TPSA) is 61.5 Å². The highest BCUT2D eigenvalue weighted by Gasteiger charge is 2.20. The molecule has 4 N–H and O–H groups in total. The van der Waals surface area contributed by atoms with Gasteiger partial charge in [0.05, 0.1) is 6.10 Å². The monoisotopic (exact) mass is 187 g/mol. The van der Waals surface area contributed by atoms with E-state index in [0.29, 0.717) is 12.6 Å². The number of nitrogens with two attached hydrogens (primary N) is 1. The molecule has 1 heterocycles. The van der Waals surface area contributed by atoms with Crippen molar-refractivity contribution in [3.8, 4) is 0 Å². The van der Waals surface area contributed by atoms with Gasteiger partial charge in [0.1, 0.15) is 0 Å². The Morgan fingerprint density at radius 3 is 3.08 bits per heavy atom. The van der Waals surface area contributed by atoms with Crippen molar-refractivity contribution < 1.29 is 5.11 Å². The van der Waals surface area contributed by atoms with Crippen LogP contribution in [0.25, 0.3) is 0 Å². The van der Waals surface area contributed by atoms with Gasteiger partial charge in [-0.3, -0.25) is 4.90 Å². The second-order valence-electron chi connectivity index (χ2n) is 3.77. The lowest BCUT2D eigenvalue weighted by Crippen LogP contribution is -2.54. The number of rotatable bonds is 4. The molecule has 1 fully saturated rings. The molecule has 0 bridgehead atoms. The fraction of sp³-hybridized carbons (Fsp3) is 1.00. The number of nitrogens with one attached hydrogen (secondary N) is 1. The van der Waals surface area contributed by atoms with Crippen LogP contribution < -0.4 is 11.1 Å². The summed E-state index contributed by atoms with van der Waals surface area (Å²) in [6, 6.07) is 0.451. The molecule has 78 valence electrons. The van der Waals surface area contributed by atoms with E-state index < -0.39 is 0 Å². The van der Waals surface area contributed by atoms with E-state index in [1.807, 2.05) is 6.92 Å². The van der Waals surface area contributed by atoms with Gasteiger partial charge < -0.3 is 16.2 Å². The Morgan fingerprint density at radius 1 is 1.69 bits per heavy atom. The molecule has 1 aliphatic rings. The van der Waals surface area contributed by atoms with E-state index in [4.69, 9.17) is 10.8 Å². The highest BCUT2D eigenvalue weighted by atomic mass is 16.3. The molecule has 0 spiro atoms. The average molecular weight is 187 g/mol. The summed E-state index contributed by atoms with van der Waals surface area (Å²) in [6.45, 7) is 6.56. The Balaban J connectivity index is 2.27. The minimum atomic E-state index is -0.201. The summed E-state index contributed by atoms with van der Waals surface area (Å²) in [5, 5.41) is 12.5. The average Bonchev–Trinajstić information content (AvgIpc) is 2.15. The number of hydrogen-bond acceptors (Lipinski definition) is 4. The zero-order valence-electron chi connectivity index (χ0n) is 8.37. The standard InChI is InChI=1S/C9H21N3O/c1-8(13)2-4-12-5-3-11-7-9(12)6-10/h8-9,11,13H,2-7,10H2,1H3. The highest BCUT2D eigenvalue weighted by Crippen LogP contribution is 2.04. The maximum Gasteiger partial charge on any atom is 0.0524 e. The van der Waals surface area contributed by atoms with Crippen molar-refractivity contribution in [1.29, 1.82) is 0 Å². The van der Waals surface area contributed by atoms with Crippen molar-refractivity contribution in [1.82, 2.24) is 10.2 Å². The summed E-state index contributed by atoms with van der Waals surface area (Å²) in [7, 11) is 0. The van der Waals surface area contributed by atoms with E-state index in [2.05, 4.69) is 10.2 Å². The Morgan fingerprint density at radius 2 is 2.46 bits per heavy atom. The van der Waals surface area contributed by atoms with Crippen LogP contribution in [-0.4, -0.2) is 54.9 Å². The van der Waals surface area contributed by atoms with Crippen molar-refractivity contribution >= 4 is 0 Å². The Bertz CT molecular complexity index is 141. The van der Waals surface area contributed by atoms with Gasteiger partial charge in [-0.25, -0.2) is 0 Å². The van der Waals surface area contributed by atoms with Crippen LogP contribution in [0.1, 0.15) is 13.3 Å². The fourth-order valence-corrected chi connectivity index (χ4v) is 1.68. The first-order valence-corrected chi connectivity index (χ1v) is 5.07. The molecule has 2 unspecified atom stereocenters. The minimum absolute atomic E-state index is 0.201. The molecule has 0 aromatic carbocycles. The maximum absolute atomic E-state index is 9.17. The molecular formula is C9H21N3O. The second kappa shape index (κ2) is 5.54. The predicted octanol–water partition coefficient (Wildman–Crippen LogP) is -1.01. The van der Waals surface area contributed by atoms with Gasteiger partial charge >= 0.3 is 0 Å². The molecule has 0 amide bonds. The third-order valence-corrected chi connectivity index (χ3v) is 2.58. The van der Waals surface area contributed by atoms with E-state index in [1.54, 1.807) is 0 Å². The molecule has 0 radical (unpaired) electrons. The summed E-state index contributed by atoms with van der Waals surface area (Å²) in [5.74, 6) is 0. The van der Waals surface area contributed by atoms with Gasteiger partial charge in [-0.1, -0.05) is 0 Å². The van der Waals surface area contributed by atoms with Crippen molar-refractivity contribution in [2.45, 2.75) is 25.5 Å².